The lowest BCUT2D eigenvalue weighted by atomic mass is 10.3. The van der Waals surface area contributed by atoms with Gasteiger partial charge in [0.05, 0.1) is 0 Å². The highest BCUT2D eigenvalue weighted by atomic mass is 32.1. The summed E-state index contributed by atoms with van der Waals surface area (Å²) in [6.45, 7) is 0. The van der Waals surface area contributed by atoms with Crippen LogP contribution in [-0.2, 0) is 0 Å². The molecule has 0 radical (unpaired) electrons. The molecule has 1 aromatic carbocycles. The number of benzene rings is 1. The Kier molecular flexibility index (Phi) is 3.94. The number of hydrogen-bond acceptors (Lipinski definition) is 3. The molecule has 1 rings (SSSR count). The van der Waals surface area contributed by atoms with Crippen LogP contribution in [0.15, 0.2) is 30.3 Å². The average Bonchev–Trinajstić information content (AvgIpc) is 2.18. The molecule has 1 aromatic rings. The number of nitrogens with one attached hydrogen (secondary N) is 1. The van der Waals surface area contributed by atoms with Gasteiger partial charge in [-0.05, 0) is 12.1 Å². The van der Waals surface area contributed by atoms with E-state index in [1.807, 2.05) is 30.3 Å². The van der Waals surface area contributed by atoms with E-state index in [1.165, 1.54) is 0 Å². The fourth-order valence-corrected chi connectivity index (χ4v) is 1.30. The molecule has 0 heterocycles. The Hall–Kier alpha value is -1.04. The SMILES string of the molecule is NC(=S)C(O)C(=S)Nc1ccccc1. The third kappa shape index (κ3) is 3.02. The first kappa shape index (κ1) is 11.0. The van der Waals surface area contributed by atoms with Gasteiger partial charge in [-0.25, -0.2) is 0 Å². The molecule has 0 aliphatic heterocycles. The summed E-state index contributed by atoms with van der Waals surface area (Å²) in [5.41, 5.74) is 6.04. The van der Waals surface area contributed by atoms with Crippen molar-refractivity contribution < 1.29 is 5.11 Å². The van der Waals surface area contributed by atoms with Gasteiger partial charge in [0.1, 0.15) is 9.98 Å². The molecule has 1 atom stereocenters. The van der Waals surface area contributed by atoms with Crippen LogP contribution in [0.4, 0.5) is 5.69 Å². The van der Waals surface area contributed by atoms with E-state index in [1.54, 1.807) is 0 Å². The molecule has 0 fully saturated rings. The zero-order valence-corrected chi connectivity index (χ0v) is 8.94. The van der Waals surface area contributed by atoms with Crippen molar-refractivity contribution in [2.24, 2.45) is 5.73 Å². The third-order valence-electron chi connectivity index (χ3n) is 1.56. The number of thiocarbonyl (C=S) groups is 2. The lowest BCUT2D eigenvalue weighted by molar-refractivity contribution is 0.309. The van der Waals surface area contributed by atoms with Crippen molar-refractivity contribution in [1.82, 2.24) is 0 Å². The fourth-order valence-electron chi connectivity index (χ4n) is 0.861. The second-order valence-corrected chi connectivity index (χ2v) is 3.57. The molecule has 74 valence electrons. The highest BCUT2D eigenvalue weighted by molar-refractivity contribution is 7.82. The molecule has 0 amide bonds. The van der Waals surface area contributed by atoms with Crippen LogP contribution in [0.1, 0.15) is 0 Å². The highest BCUT2D eigenvalue weighted by Gasteiger charge is 2.13. The van der Waals surface area contributed by atoms with Crippen LogP contribution < -0.4 is 11.1 Å². The lowest BCUT2D eigenvalue weighted by Crippen LogP contribution is -2.36. The molecule has 0 aliphatic carbocycles. The van der Waals surface area contributed by atoms with E-state index in [9.17, 15) is 5.11 Å². The summed E-state index contributed by atoms with van der Waals surface area (Å²) < 4.78 is 0. The Morgan fingerprint density at radius 2 is 1.86 bits per heavy atom. The molecule has 4 N–H and O–H groups in total. The molecule has 0 aromatic heterocycles. The van der Waals surface area contributed by atoms with Gasteiger partial charge in [-0.1, -0.05) is 42.6 Å². The fraction of sp³-hybridized carbons (Fsp3) is 0.111. The second kappa shape index (κ2) is 4.99. The maximum absolute atomic E-state index is 9.39. The Morgan fingerprint density at radius 3 is 2.36 bits per heavy atom. The van der Waals surface area contributed by atoms with Crippen LogP contribution in [-0.4, -0.2) is 21.2 Å². The minimum atomic E-state index is -1.07. The number of hydrogen-bond donors (Lipinski definition) is 3. The van der Waals surface area contributed by atoms with E-state index in [0.717, 1.165) is 5.69 Å². The minimum Gasteiger partial charge on any atom is -0.391 e. The monoisotopic (exact) mass is 226 g/mol. The Morgan fingerprint density at radius 1 is 1.29 bits per heavy atom. The van der Waals surface area contributed by atoms with E-state index in [0.29, 0.717) is 0 Å². The standard InChI is InChI=1S/C9H10N2OS2/c10-8(13)7(12)9(14)11-6-4-2-1-3-5-6/h1-5,7,12H,(H2,10,13)(H,11,14). The maximum atomic E-state index is 9.39. The van der Waals surface area contributed by atoms with Crippen molar-refractivity contribution >= 4 is 40.1 Å². The van der Waals surface area contributed by atoms with Gasteiger partial charge in [-0.2, -0.15) is 0 Å². The van der Waals surface area contributed by atoms with Gasteiger partial charge in [-0.15, -0.1) is 0 Å². The largest absolute Gasteiger partial charge is 0.391 e. The Balaban J connectivity index is 2.62. The van der Waals surface area contributed by atoms with E-state index in [4.69, 9.17) is 18.0 Å². The van der Waals surface area contributed by atoms with E-state index in [2.05, 4.69) is 17.5 Å². The summed E-state index contributed by atoms with van der Waals surface area (Å²) in [6, 6.07) is 9.27. The van der Waals surface area contributed by atoms with Crippen LogP contribution in [0.5, 0.6) is 0 Å². The van der Waals surface area contributed by atoms with E-state index >= 15 is 0 Å². The normalized spacial score (nSPS) is 11.8. The predicted octanol–water partition coefficient (Wildman–Crippen LogP) is 1.07. The summed E-state index contributed by atoms with van der Waals surface area (Å²) in [4.78, 5) is 0.183. The smallest absolute Gasteiger partial charge is 0.154 e. The number of aliphatic hydroxyl groups is 1. The number of anilines is 1. The number of para-hydroxylation sites is 1. The molecule has 0 spiro atoms. The van der Waals surface area contributed by atoms with Gasteiger partial charge in [0.2, 0.25) is 0 Å². The first-order valence-electron chi connectivity index (χ1n) is 3.94. The number of aliphatic hydroxyl groups excluding tert-OH is 1. The molecular weight excluding hydrogens is 216 g/mol. The minimum absolute atomic E-state index is 0.0292. The van der Waals surface area contributed by atoms with Crippen LogP contribution in [0.2, 0.25) is 0 Å². The van der Waals surface area contributed by atoms with Gasteiger partial charge >= 0.3 is 0 Å². The van der Waals surface area contributed by atoms with Crippen molar-refractivity contribution in [2.45, 2.75) is 6.10 Å². The average molecular weight is 226 g/mol. The van der Waals surface area contributed by atoms with E-state index in [-0.39, 0.29) is 9.98 Å². The first-order chi connectivity index (χ1) is 6.61. The molecule has 1 unspecified atom stereocenters. The molecule has 14 heavy (non-hydrogen) atoms. The number of nitrogens with two attached hydrogens (primary N) is 1. The summed E-state index contributed by atoms with van der Waals surface area (Å²) in [5, 5.41) is 12.2. The lowest BCUT2D eigenvalue weighted by Gasteiger charge is -2.12. The highest BCUT2D eigenvalue weighted by Crippen LogP contribution is 2.06. The van der Waals surface area contributed by atoms with Gasteiger partial charge in [0.15, 0.2) is 6.10 Å². The van der Waals surface area contributed by atoms with Gasteiger partial charge in [-0.3, -0.25) is 0 Å². The Labute approximate surface area is 92.9 Å². The Bertz CT molecular complexity index is 340. The third-order valence-corrected chi connectivity index (χ3v) is 2.11. The first-order valence-corrected chi connectivity index (χ1v) is 4.76. The van der Waals surface area contributed by atoms with Crippen LogP contribution in [0.3, 0.4) is 0 Å². The summed E-state index contributed by atoms with van der Waals surface area (Å²) in [7, 11) is 0. The summed E-state index contributed by atoms with van der Waals surface area (Å²) in [6.07, 6.45) is -1.07. The second-order valence-electron chi connectivity index (χ2n) is 2.66. The molecule has 5 heteroatoms. The van der Waals surface area contributed by atoms with Crippen LogP contribution in [0.25, 0.3) is 0 Å². The molecule has 0 aliphatic rings. The molecule has 0 bridgehead atoms. The predicted molar refractivity (Wildman–Crippen MR) is 65.5 cm³/mol. The van der Waals surface area contributed by atoms with E-state index < -0.39 is 6.10 Å². The van der Waals surface area contributed by atoms with Gasteiger partial charge in [0, 0.05) is 5.69 Å². The molecule has 3 nitrogen and oxygen atoms in total. The van der Waals surface area contributed by atoms with Gasteiger partial charge < -0.3 is 16.2 Å². The zero-order chi connectivity index (χ0) is 10.6. The van der Waals surface area contributed by atoms with Crippen LogP contribution >= 0.6 is 24.4 Å². The van der Waals surface area contributed by atoms with Crippen molar-refractivity contribution in [2.75, 3.05) is 5.32 Å². The topological polar surface area (TPSA) is 58.3 Å². The van der Waals surface area contributed by atoms with Crippen molar-refractivity contribution in [3.63, 3.8) is 0 Å². The van der Waals surface area contributed by atoms with Crippen molar-refractivity contribution in [3.05, 3.63) is 30.3 Å². The number of rotatable bonds is 3. The summed E-state index contributed by atoms with van der Waals surface area (Å²) >= 11 is 9.52. The maximum Gasteiger partial charge on any atom is 0.154 e. The molecule has 0 saturated carbocycles. The van der Waals surface area contributed by atoms with Gasteiger partial charge in [0.25, 0.3) is 0 Å². The molecular formula is C9H10N2OS2. The quantitative estimate of drug-likeness (QED) is 0.673. The van der Waals surface area contributed by atoms with Crippen molar-refractivity contribution in [3.8, 4) is 0 Å². The summed E-state index contributed by atoms with van der Waals surface area (Å²) in [5.74, 6) is 0. The van der Waals surface area contributed by atoms with Crippen molar-refractivity contribution in [1.29, 1.82) is 0 Å². The zero-order valence-electron chi connectivity index (χ0n) is 7.31. The van der Waals surface area contributed by atoms with Crippen LogP contribution in [0, 0.1) is 0 Å². The molecule has 0 saturated heterocycles.